The largest absolute Gasteiger partial charge is 0.506 e. The predicted molar refractivity (Wildman–Crippen MR) is 65.1 cm³/mol. The van der Waals surface area contributed by atoms with Gasteiger partial charge in [0.15, 0.2) is 0 Å². The molecule has 1 aromatic rings. The number of halogens is 1. The highest BCUT2D eigenvalue weighted by molar-refractivity contribution is 9.10. The van der Waals surface area contributed by atoms with Gasteiger partial charge >= 0.3 is 0 Å². The normalized spacial score (nSPS) is 18.6. The SMILES string of the molecule is Cc1ccc(Br)c(O)c1C1(CN)CCC1. The van der Waals surface area contributed by atoms with Crippen molar-refractivity contribution in [1.29, 1.82) is 0 Å². The number of aryl methyl sites for hydroxylation is 1. The van der Waals surface area contributed by atoms with Gasteiger partial charge in [0, 0.05) is 17.5 Å². The molecule has 0 spiro atoms. The maximum absolute atomic E-state index is 10.1. The molecule has 2 rings (SSSR count). The summed E-state index contributed by atoms with van der Waals surface area (Å²) in [5.74, 6) is 0.375. The molecule has 1 aromatic carbocycles. The monoisotopic (exact) mass is 269 g/mol. The van der Waals surface area contributed by atoms with Crippen molar-refractivity contribution in [3.05, 3.63) is 27.7 Å². The molecule has 1 aliphatic carbocycles. The van der Waals surface area contributed by atoms with Gasteiger partial charge in [0.25, 0.3) is 0 Å². The first-order chi connectivity index (χ1) is 7.10. The van der Waals surface area contributed by atoms with Gasteiger partial charge in [0.1, 0.15) is 5.75 Å². The number of rotatable bonds is 2. The Bertz CT molecular complexity index is 380. The van der Waals surface area contributed by atoms with E-state index in [9.17, 15) is 5.11 Å². The third-order valence-corrected chi connectivity index (χ3v) is 4.21. The molecule has 0 heterocycles. The summed E-state index contributed by atoms with van der Waals surface area (Å²) in [5.41, 5.74) is 8.07. The van der Waals surface area contributed by atoms with E-state index in [0.717, 1.165) is 28.4 Å². The van der Waals surface area contributed by atoms with Crippen LogP contribution >= 0.6 is 15.9 Å². The number of hydrogen-bond acceptors (Lipinski definition) is 2. The molecule has 3 N–H and O–H groups in total. The minimum atomic E-state index is 0.0257. The van der Waals surface area contributed by atoms with Crippen LogP contribution in [0.3, 0.4) is 0 Å². The second kappa shape index (κ2) is 3.80. The molecule has 15 heavy (non-hydrogen) atoms. The average molecular weight is 270 g/mol. The zero-order valence-corrected chi connectivity index (χ0v) is 10.5. The van der Waals surface area contributed by atoms with Crippen LogP contribution in [0.4, 0.5) is 0 Å². The van der Waals surface area contributed by atoms with E-state index in [2.05, 4.69) is 15.9 Å². The molecule has 0 unspecified atom stereocenters. The molecular weight excluding hydrogens is 254 g/mol. The highest BCUT2D eigenvalue weighted by atomic mass is 79.9. The molecule has 0 aliphatic heterocycles. The maximum Gasteiger partial charge on any atom is 0.133 e. The number of aromatic hydroxyl groups is 1. The van der Waals surface area contributed by atoms with Gasteiger partial charge < -0.3 is 10.8 Å². The molecule has 0 atom stereocenters. The summed E-state index contributed by atoms with van der Waals surface area (Å²) >= 11 is 3.36. The molecular formula is C12H16BrNO. The van der Waals surface area contributed by atoms with E-state index < -0.39 is 0 Å². The van der Waals surface area contributed by atoms with Crippen LogP contribution in [0.2, 0.25) is 0 Å². The summed E-state index contributed by atoms with van der Waals surface area (Å²) in [5, 5.41) is 10.1. The minimum Gasteiger partial charge on any atom is -0.506 e. The lowest BCUT2D eigenvalue weighted by Crippen LogP contribution is -2.42. The first kappa shape index (κ1) is 11.0. The van der Waals surface area contributed by atoms with Crippen molar-refractivity contribution >= 4 is 15.9 Å². The summed E-state index contributed by atoms with van der Waals surface area (Å²) in [6.07, 6.45) is 3.39. The Labute approximate surface area is 98.6 Å². The van der Waals surface area contributed by atoms with Gasteiger partial charge in [0.2, 0.25) is 0 Å². The maximum atomic E-state index is 10.1. The van der Waals surface area contributed by atoms with Gasteiger partial charge in [-0.3, -0.25) is 0 Å². The standard InChI is InChI=1S/C12H16BrNO/c1-8-3-4-9(13)11(15)10(8)12(7-14)5-2-6-12/h3-4,15H,2,5-7,14H2,1H3. The van der Waals surface area contributed by atoms with Crippen molar-refractivity contribution in [2.24, 2.45) is 5.73 Å². The van der Waals surface area contributed by atoms with Crippen LogP contribution in [0.1, 0.15) is 30.4 Å². The van der Waals surface area contributed by atoms with Gasteiger partial charge in [0.05, 0.1) is 4.47 Å². The molecule has 82 valence electrons. The molecule has 0 aromatic heterocycles. The summed E-state index contributed by atoms with van der Waals surface area (Å²) in [6.45, 7) is 2.66. The topological polar surface area (TPSA) is 46.2 Å². The first-order valence-corrected chi connectivity index (χ1v) is 6.09. The van der Waals surface area contributed by atoms with E-state index in [4.69, 9.17) is 5.73 Å². The molecule has 0 radical (unpaired) electrons. The molecule has 0 bridgehead atoms. The smallest absolute Gasteiger partial charge is 0.133 e. The highest BCUT2D eigenvalue weighted by Gasteiger charge is 2.40. The molecule has 0 saturated heterocycles. The molecule has 1 fully saturated rings. The fraction of sp³-hybridized carbons (Fsp3) is 0.500. The van der Waals surface area contributed by atoms with Crippen LogP contribution in [-0.2, 0) is 5.41 Å². The number of benzene rings is 1. The zero-order chi connectivity index (χ0) is 11.1. The van der Waals surface area contributed by atoms with Crippen molar-refractivity contribution in [3.8, 4) is 5.75 Å². The number of phenols is 1. The van der Waals surface area contributed by atoms with Gasteiger partial charge in [-0.05, 0) is 47.3 Å². The number of nitrogens with two attached hydrogens (primary N) is 1. The van der Waals surface area contributed by atoms with E-state index in [-0.39, 0.29) is 5.41 Å². The van der Waals surface area contributed by atoms with Crippen molar-refractivity contribution < 1.29 is 5.11 Å². The molecule has 1 aliphatic rings. The van der Waals surface area contributed by atoms with Crippen LogP contribution < -0.4 is 5.73 Å². The van der Waals surface area contributed by atoms with E-state index in [1.807, 2.05) is 19.1 Å². The summed E-state index contributed by atoms with van der Waals surface area (Å²) < 4.78 is 0.767. The quantitative estimate of drug-likeness (QED) is 0.868. The third kappa shape index (κ3) is 1.58. The fourth-order valence-corrected chi connectivity index (χ4v) is 2.83. The fourth-order valence-electron chi connectivity index (χ4n) is 2.50. The first-order valence-electron chi connectivity index (χ1n) is 5.29. The molecule has 3 heteroatoms. The lowest BCUT2D eigenvalue weighted by Gasteiger charge is -2.42. The van der Waals surface area contributed by atoms with Crippen molar-refractivity contribution in [2.45, 2.75) is 31.6 Å². The summed E-state index contributed by atoms with van der Waals surface area (Å²) in [6, 6.07) is 3.92. The van der Waals surface area contributed by atoms with Crippen LogP contribution in [0.15, 0.2) is 16.6 Å². The van der Waals surface area contributed by atoms with Crippen LogP contribution in [0.25, 0.3) is 0 Å². The lowest BCUT2D eigenvalue weighted by molar-refractivity contribution is 0.243. The van der Waals surface area contributed by atoms with Crippen LogP contribution in [0.5, 0.6) is 5.75 Å². The van der Waals surface area contributed by atoms with Crippen LogP contribution in [0, 0.1) is 6.92 Å². The number of phenolic OH excluding ortho intramolecular Hbond substituents is 1. The van der Waals surface area contributed by atoms with Gasteiger partial charge in [-0.2, -0.15) is 0 Å². The Kier molecular flexibility index (Phi) is 2.77. The van der Waals surface area contributed by atoms with Gasteiger partial charge in [-0.1, -0.05) is 12.5 Å². The van der Waals surface area contributed by atoms with Gasteiger partial charge in [-0.25, -0.2) is 0 Å². The molecule has 0 amide bonds. The second-order valence-electron chi connectivity index (χ2n) is 4.43. The van der Waals surface area contributed by atoms with Crippen LogP contribution in [-0.4, -0.2) is 11.7 Å². The van der Waals surface area contributed by atoms with E-state index >= 15 is 0 Å². The molecule has 1 saturated carbocycles. The summed E-state index contributed by atoms with van der Waals surface area (Å²) in [7, 11) is 0. The zero-order valence-electron chi connectivity index (χ0n) is 8.89. The van der Waals surface area contributed by atoms with Crippen molar-refractivity contribution in [3.63, 3.8) is 0 Å². The van der Waals surface area contributed by atoms with E-state index in [1.165, 1.54) is 6.42 Å². The Morgan fingerprint density at radius 1 is 1.47 bits per heavy atom. The molecule has 2 nitrogen and oxygen atoms in total. The number of hydrogen-bond donors (Lipinski definition) is 2. The van der Waals surface area contributed by atoms with E-state index in [0.29, 0.717) is 12.3 Å². The Morgan fingerprint density at radius 2 is 2.13 bits per heavy atom. The average Bonchev–Trinajstić information content (AvgIpc) is 2.16. The van der Waals surface area contributed by atoms with Crippen molar-refractivity contribution in [1.82, 2.24) is 0 Å². The Hall–Kier alpha value is -0.540. The summed E-state index contributed by atoms with van der Waals surface area (Å²) in [4.78, 5) is 0. The Morgan fingerprint density at radius 3 is 2.60 bits per heavy atom. The predicted octanol–water partition coefficient (Wildman–Crippen LogP) is 2.84. The van der Waals surface area contributed by atoms with Crippen molar-refractivity contribution in [2.75, 3.05) is 6.54 Å². The Balaban J connectivity index is 2.55. The lowest BCUT2D eigenvalue weighted by atomic mass is 9.63. The highest BCUT2D eigenvalue weighted by Crippen LogP contribution is 2.49. The third-order valence-electron chi connectivity index (χ3n) is 3.57. The minimum absolute atomic E-state index is 0.0257. The van der Waals surface area contributed by atoms with E-state index in [1.54, 1.807) is 0 Å². The second-order valence-corrected chi connectivity index (χ2v) is 5.28. The van der Waals surface area contributed by atoms with Gasteiger partial charge in [-0.15, -0.1) is 0 Å².